The topological polar surface area (TPSA) is 82.8 Å². The molecule has 1 aliphatic rings. The number of aromatic nitrogens is 3. The van der Waals surface area contributed by atoms with E-state index in [1.165, 1.54) is 0 Å². The molecule has 2 N–H and O–H groups in total. The number of hydrogen-bond acceptors (Lipinski definition) is 4. The van der Waals surface area contributed by atoms with Crippen LogP contribution < -0.4 is 5.32 Å². The van der Waals surface area contributed by atoms with Crippen LogP contribution in [0.2, 0.25) is 0 Å². The molecule has 2 aromatic rings. The number of carbonyl (C=O) groups is 1. The third kappa shape index (κ3) is 4.34. The monoisotopic (exact) mass is 373 g/mol. The number of likely N-dealkylation sites (tertiary alicyclic amines) is 1. The van der Waals surface area contributed by atoms with E-state index in [0.717, 1.165) is 42.8 Å². The van der Waals surface area contributed by atoms with Crippen LogP contribution in [0.25, 0.3) is 5.65 Å². The summed E-state index contributed by atoms with van der Waals surface area (Å²) in [5.74, 6) is 1.14. The summed E-state index contributed by atoms with van der Waals surface area (Å²) in [5, 5.41) is 17.6. The molecule has 3 heterocycles. The minimum atomic E-state index is -0.834. The van der Waals surface area contributed by atoms with E-state index in [2.05, 4.69) is 43.1 Å². The normalized spacial score (nSPS) is 20.8. The Morgan fingerprint density at radius 1 is 1.33 bits per heavy atom. The second-order valence-corrected chi connectivity index (χ2v) is 8.60. The van der Waals surface area contributed by atoms with Gasteiger partial charge >= 0.3 is 6.09 Å². The van der Waals surface area contributed by atoms with Crippen molar-refractivity contribution in [1.29, 1.82) is 0 Å². The number of aryl methyl sites for hydroxylation is 1. The number of imidazole rings is 1. The molecule has 0 aromatic carbocycles. The highest BCUT2D eigenvalue weighted by molar-refractivity contribution is 5.65. The first kappa shape index (κ1) is 19.5. The van der Waals surface area contributed by atoms with Crippen LogP contribution >= 0.6 is 0 Å². The fraction of sp³-hybridized carbons (Fsp3) is 0.650. The number of hydrogen-bond donors (Lipinski definition) is 2. The molecule has 7 nitrogen and oxygen atoms in total. The van der Waals surface area contributed by atoms with Gasteiger partial charge in [-0.15, -0.1) is 5.10 Å². The van der Waals surface area contributed by atoms with E-state index in [1.54, 1.807) is 4.90 Å². The molecule has 2 atom stereocenters. The van der Waals surface area contributed by atoms with Gasteiger partial charge in [-0.1, -0.05) is 34.1 Å². The van der Waals surface area contributed by atoms with Gasteiger partial charge in [-0.3, -0.25) is 0 Å². The Morgan fingerprint density at radius 3 is 2.78 bits per heavy atom. The summed E-state index contributed by atoms with van der Waals surface area (Å²) < 4.78 is 1.87. The number of nitrogens with zero attached hydrogens (tertiary/aromatic N) is 4. The minimum absolute atomic E-state index is 0.0310. The summed E-state index contributed by atoms with van der Waals surface area (Å²) in [4.78, 5) is 17.8. The molecule has 27 heavy (non-hydrogen) atoms. The minimum Gasteiger partial charge on any atom is -0.465 e. The van der Waals surface area contributed by atoms with Crippen LogP contribution in [0.3, 0.4) is 0 Å². The lowest BCUT2D eigenvalue weighted by molar-refractivity contribution is 0.0575. The van der Waals surface area contributed by atoms with Crippen LogP contribution in [0.1, 0.15) is 52.7 Å². The molecule has 0 aliphatic carbocycles. The molecule has 3 rings (SSSR count). The van der Waals surface area contributed by atoms with Crippen LogP contribution in [0.15, 0.2) is 18.3 Å². The first-order valence-electron chi connectivity index (χ1n) is 9.86. The summed E-state index contributed by atoms with van der Waals surface area (Å²) in [6.45, 7) is 9.87. The predicted octanol–water partition coefficient (Wildman–Crippen LogP) is 3.90. The van der Waals surface area contributed by atoms with E-state index in [1.807, 2.05) is 22.8 Å². The Hall–Kier alpha value is -2.31. The molecule has 2 aromatic heterocycles. The zero-order valence-electron chi connectivity index (χ0n) is 16.8. The van der Waals surface area contributed by atoms with Crippen molar-refractivity contribution < 1.29 is 9.90 Å². The van der Waals surface area contributed by atoms with Gasteiger partial charge in [-0.05, 0) is 42.7 Å². The van der Waals surface area contributed by atoms with E-state index < -0.39 is 6.09 Å². The molecule has 2 unspecified atom stereocenters. The molecule has 1 fully saturated rings. The van der Waals surface area contributed by atoms with Crippen molar-refractivity contribution in [2.75, 3.05) is 18.4 Å². The smallest absolute Gasteiger partial charge is 0.407 e. The maximum absolute atomic E-state index is 11.8. The van der Waals surface area contributed by atoms with Crippen molar-refractivity contribution in [3.05, 3.63) is 24.0 Å². The SMILES string of the molecule is CCCc1cnc2ccc(NCC3CCC(C(C)(C)C)CN3C(=O)O)nn12. The van der Waals surface area contributed by atoms with Gasteiger partial charge in [0.2, 0.25) is 0 Å². The van der Waals surface area contributed by atoms with E-state index in [-0.39, 0.29) is 11.5 Å². The van der Waals surface area contributed by atoms with Crippen LogP contribution in [0.4, 0.5) is 10.6 Å². The molecule has 0 saturated carbocycles. The van der Waals surface area contributed by atoms with Crippen molar-refractivity contribution in [3.8, 4) is 0 Å². The lowest BCUT2D eigenvalue weighted by Gasteiger charge is -2.43. The summed E-state index contributed by atoms with van der Waals surface area (Å²) in [6, 6.07) is 3.82. The van der Waals surface area contributed by atoms with Crippen LogP contribution in [-0.4, -0.2) is 49.8 Å². The second-order valence-electron chi connectivity index (χ2n) is 8.60. The molecule has 1 amide bonds. The van der Waals surface area contributed by atoms with Gasteiger partial charge in [-0.2, -0.15) is 0 Å². The molecule has 148 valence electrons. The number of amides is 1. The van der Waals surface area contributed by atoms with Gasteiger partial charge in [0.1, 0.15) is 5.82 Å². The zero-order chi connectivity index (χ0) is 19.6. The summed E-state index contributed by atoms with van der Waals surface area (Å²) in [5.41, 5.74) is 2.05. The van der Waals surface area contributed by atoms with Crippen molar-refractivity contribution >= 4 is 17.6 Å². The molecule has 7 heteroatoms. The lowest BCUT2D eigenvalue weighted by atomic mass is 9.75. The van der Waals surface area contributed by atoms with E-state index in [4.69, 9.17) is 0 Å². The highest BCUT2D eigenvalue weighted by atomic mass is 16.4. The van der Waals surface area contributed by atoms with E-state index in [9.17, 15) is 9.90 Å². The Balaban J connectivity index is 1.69. The molecular formula is C20H31N5O2. The fourth-order valence-electron chi connectivity index (χ4n) is 3.84. The number of carboxylic acid groups (broad SMARTS) is 1. The Morgan fingerprint density at radius 2 is 2.11 bits per heavy atom. The highest BCUT2D eigenvalue weighted by Crippen LogP contribution is 2.35. The van der Waals surface area contributed by atoms with Gasteiger partial charge < -0.3 is 15.3 Å². The summed E-state index contributed by atoms with van der Waals surface area (Å²) >= 11 is 0. The number of nitrogens with one attached hydrogen (secondary N) is 1. The largest absolute Gasteiger partial charge is 0.465 e. The van der Waals surface area contributed by atoms with E-state index >= 15 is 0 Å². The average Bonchev–Trinajstić information content (AvgIpc) is 3.01. The maximum Gasteiger partial charge on any atom is 0.407 e. The first-order valence-corrected chi connectivity index (χ1v) is 9.86. The van der Waals surface area contributed by atoms with E-state index in [0.29, 0.717) is 19.0 Å². The van der Waals surface area contributed by atoms with Gasteiger partial charge in [0.25, 0.3) is 0 Å². The van der Waals surface area contributed by atoms with Crippen LogP contribution in [0, 0.1) is 11.3 Å². The van der Waals surface area contributed by atoms with Crippen LogP contribution in [0.5, 0.6) is 0 Å². The number of piperidine rings is 1. The first-order chi connectivity index (χ1) is 12.8. The van der Waals surface area contributed by atoms with Gasteiger partial charge in [0.05, 0.1) is 17.9 Å². The number of rotatable bonds is 5. The standard InChI is InChI=1S/C20H31N5O2/c1-5-6-16-12-22-18-10-9-17(23-25(16)18)21-11-15-8-7-14(20(2,3)4)13-24(15)19(26)27/h9-10,12,14-15H,5-8,11,13H2,1-4H3,(H,21,23)(H,26,27). The lowest BCUT2D eigenvalue weighted by Crippen LogP contribution is -2.51. The van der Waals surface area contributed by atoms with Crippen molar-refractivity contribution in [2.24, 2.45) is 11.3 Å². The van der Waals surface area contributed by atoms with Gasteiger partial charge in [0.15, 0.2) is 5.65 Å². The zero-order valence-corrected chi connectivity index (χ0v) is 16.8. The highest BCUT2D eigenvalue weighted by Gasteiger charge is 2.36. The second kappa shape index (κ2) is 7.74. The Bertz CT molecular complexity index is 795. The molecule has 0 spiro atoms. The van der Waals surface area contributed by atoms with Crippen molar-refractivity contribution in [2.45, 2.75) is 59.4 Å². The third-order valence-corrected chi connectivity index (χ3v) is 5.63. The van der Waals surface area contributed by atoms with Gasteiger partial charge in [-0.25, -0.2) is 14.3 Å². The molecule has 1 saturated heterocycles. The van der Waals surface area contributed by atoms with Crippen LogP contribution in [-0.2, 0) is 6.42 Å². The quantitative estimate of drug-likeness (QED) is 0.830. The average molecular weight is 374 g/mol. The molecule has 0 bridgehead atoms. The fourth-order valence-corrected chi connectivity index (χ4v) is 3.84. The Labute approximate surface area is 160 Å². The predicted molar refractivity (Wildman–Crippen MR) is 106 cm³/mol. The summed E-state index contributed by atoms with van der Waals surface area (Å²) in [7, 11) is 0. The number of fused-ring (bicyclic) bond motifs is 1. The van der Waals surface area contributed by atoms with Crippen molar-refractivity contribution in [1.82, 2.24) is 19.5 Å². The maximum atomic E-state index is 11.8. The van der Waals surface area contributed by atoms with Gasteiger partial charge in [0, 0.05) is 13.1 Å². The summed E-state index contributed by atoms with van der Waals surface area (Å²) in [6.07, 6.45) is 4.93. The molecular weight excluding hydrogens is 342 g/mol. The van der Waals surface area contributed by atoms with Crippen molar-refractivity contribution in [3.63, 3.8) is 0 Å². The number of anilines is 1. The molecule has 1 aliphatic heterocycles. The molecule has 0 radical (unpaired) electrons. The Kier molecular flexibility index (Phi) is 5.58. The third-order valence-electron chi connectivity index (χ3n) is 5.63.